The smallest absolute Gasteiger partial charge is 0.312 e. The lowest BCUT2D eigenvalue weighted by atomic mass is 10.0. The Morgan fingerprint density at radius 3 is 1.22 bits per heavy atom. The molecule has 6 fully saturated rings. The number of H-pyrrole nitrogens is 2. The molecule has 58 heavy (non-hydrogen) atoms. The fourth-order valence-electron chi connectivity index (χ4n) is 9.54. The summed E-state index contributed by atoms with van der Waals surface area (Å²) in [6, 6.07) is 15.1. The lowest BCUT2D eigenvalue weighted by Crippen LogP contribution is -2.50. The van der Waals surface area contributed by atoms with Crippen molar-refractivity contribution in [3.63, 3.8) is 0 Å². The van der Waals surface area contributed by atoms with Gasteiger partial charge in [-0.1, -0.05) is 48.5 Å². The number of piperidine rings is 4. The quantitative estimate of drug-likeness (QED) is 0.189. The predicted molar refractivity (Wildman–Crippen MR) is 201 cm³/mol. The first-order valence-corrected chi connectivity index (χ1v) is 20.1. The standard InChI is InChI=1S/C42H42F4N8O4/c43-41(44)9-13-51(14-10-41)37(55)39(57)53-31-17-27(31)19-33(53)35-47-21-29(49-35)25-5-1-23(2-6-25)24-3-7-26(8-4-24)30-22-48-36(50-30)34-20-28-18-32(28)54(34)40(58)38(56)52-15-11-42(45,46)12-16-52/h1-8,21-22,27-28,31-34H,9-20H2,(H,47,49)(H,48,50)/t27-,28?,31?,32?,33?,34-/m0/s1. The number of halogens is 4. The van der Waals surface area contributed by atoms with Crippen molar-refractivity contribution >= 4 is 23.6 Å². The highest BCUT2D eigenvalue weighted by molar-refractivity contribution is 6.35. The molecular weight excluding hydrogens is 757 g/mol. The van der Waals surface area contributed by atoms with Gasteiger partial charge in [-0.05, 0) is 59.8 Å². The number of hydrogen-bond donors (Lipinski definition) is 2. The largest absolute Gasteiger partial charge is 0.340 e. The van der Waals surface area contributed by atoms with Gasteiger partial charge in [-0.3, -0.25) is 19.2 Å². The summed E-state index contributed by atoms with van der Waals surface area (Å²) in [6.07, 6.45) is 4.73. The second-order valence-corrected chi connectivity index (χ2v) is 16.9. The zero-order chi connectivity index (χ0) is 40.1. The minimum atomic E-state index is -2.81. The number of carbonyl (C=O) groups is 4. The first kappa shape index (κ1) is 36.8. The monoisotopic (exact) mass is 798 g/mol. The molecule has 4 aromatic rings. The van der Waals surface area contributed by atoms with Crippen LogP contribution in [-0.4, -0.2) is 113 Å². The van der Waals surface area contributed by atoms with Gasteiger partial charge in [-0.15, -0.1) is 0 Å². The molecule has 0 bridgehead atoms. The van der Waals surface area contributed by atoms with Crippen LogP contribution in [0.3, 0.4) is 0 Å². The van der Waals surface area contributed by atoms with Crippen LogP contribution in [0.5, 0.6) is 0 Å². The molecule has 6 atom stereocenters. The second-order valence-electron chi connectivity index (χ2n) is 16.9. The van der Waals surface area contributed by atoms with Crippen molar-refractivity contribution in [1.82, 2.24) is 39.5 Å². The maximum Gasteiger partial charge on any atom is 0.312 e. The van der Waals surface area contributed by atoms with Crippen LogP contribution in [0.25, 0.3) is 33.6 Å². The predicted octanol–water partition coefficient (Wildman–Crippen LogP) is 5.97. The number of fused-ring (bicyclic) bond motifs is 2. The van der Waals surface area contributed by atoms with Crippen molar-refractivity contribution in [2.75, 3.05) is 26.2 Å². The lowest BCUT2D eigenvalue weighted by Gasteiger charge is -2.33. The zero-order valence-corrected chi connectivity index (χ0v) is 31.6. The van der Waals surface area contributed by atoms with Gasteiger partial charge >= 0.3 is 23.6 Å². The normalized spacial score (nSPS) is 27.9. The van der Waals surface area contributed by atoms with Gasteiger partial charge in [0, 0.05) is 63.9 Å². The van der Waals surface area contributed by atoms with Crippen LogP contribution in [0.2, 0.25) is 0 Å². The first-order chi connectivity index (χ1) is 27.8. The maximum absolute atomic E-state index is 13.7. The molecule has 2 aromatic carbocycles. The molecule has 6 heterocycles. The Labute approximate surface area is 331 Å². The van der Waals surface area contributed by atoms with E-state index in [1.165, 1.54) is 9.80 Å². The molecular formula is C42H42F4N8O4. The third kappa shape index (κ3) is 6.63. The van der Waals surface area contributed by atoms with E-state index in [9.17, 15) is 36.7 Å². The Morgan fingerprint density at radius 1 is 0.517 bits per heavy atom. The Morgan fingerprint density at radius 2 is 0.862 bits per heavy atom. The van der Waals surface area contributed by atoms with E-state index in [1.54, 1.807) is 22.2 Å². The summed E-state index contributed by atoms with van der Waals surface area (Å²) in [4.78, 5) is 74.7. The molecule has 0 radical (unpaired) electrons. The molecule has 4 amide bonds. The molecule has 10 rings (SSSR count). The van der Waals surface area contributed by atoms with Crippen LogP contribution >= 0.6 is 0 Å². The van der Waals surface area contributed by atoms with E-state index in [2.05, 4.69) is 19.9 Å². The Bertz CT molecular complexity index is 2110. The third-order valence-corrected chi connectivity index (χ3v) is 13.2. The SMILES string of the molecule is O=C(C(=O)N1C(c2ncc(-c3ccc(-c4ccc(-c5cnc([C@@H]6CC7CC7N6C(=O)C(=O)N6CCC(F)(F)CC6)[nH]5)cc4)cc3)[nH]2)C[C@@H]2CC21)N1CCC(F)(F)CC1. The van der Waals surface area contributed by atoms with Gasteiger partial charge in [0.25, 0.3) is 11.8 Å². The number of likely N-dealkylation sites (tertiary alicyclic amines) is 4. The first-order valence-electron chi connectivity index (χ1n) is 20.1. The molecule has 2 aromatic heterocycles. The highest BCUT2D eigenvalue weighted by atomic mass is 19.3. The van der Waals surface area contributed by atoms with Crippen LogP contribution in [0.1, 0.15) is 75.1 Å². The van der Waals surface area contributed by atoms with Crippen LogP contribution in [0.15, 0.2) is 60.9 Å². The van der Waals surface area contributed by atoms with Crippen LogP contribution in [-0.2, 0) is 19.2 Å². The van der Waals surface area contributed by atoms with Crippen molar-refractivity contribution in [3.8, 4) is 33.6 Å². The molecule has 2 N–H and O–H groups in total. The van der Waals surface area contributed by atoms with Crippen molar-refractivity contribution in [2.24, 2.45) is 11.8 Å². The van der Waals surface area contributed by atoms with Gasteiger partial charge in [-0.2, -0.15) is 0 Å². The third-order valence-electron chi connectivity index (χ3n) is 13.2. The Balaban J connectivity index is 0.784. The zero-order valence-electron chi connectivity index (χ0n) is 31.6. The van der Waals surface area contributed by atoms with E-state index in [1.807, 2.05) is 48.5 Å². The number of alkyl halides is 4. The number of nitrogens with zero attached hydrogens (tertiary/aromatic N) is 6. The average Bonchev–Trinajstić information content (AvgIpc) is 3.81. The molecule has 0 spiro atoms. The van der Waals surface area contributed by atoms with Gasteiger partial charge in [0.15, 0.2) is 0 Å². The van der Waals surface area contributed by atoms with Crippen molar-refractivity contribution < 1.29 is 36.7 Å². The van der Waals surface area contributed by atoms with E-state index in [-0.39, 0.29) is 50.3 Å². The summed E-state index contributed by atoms with van der Waals surface area (Å²) in [7, 11) is 0. The van der Waals surface area contributed by atoms with E-state index < -0.39 is 61.2 Å². The van der Waals surface area contributed by atoms with Gasteiger partial charge < -0.3 is 29.6 Å². The van der Waals surface area contributed by atoms with Crippen LogP contribution in [0.4, 0.5) is 17.6 Å². The van der Waals surface area contributed by atoms with Crippen molar-refractivity contribution in [1.29, 1.82) is 0 Å². The van der Waals surface area contributed by atoms with Crippen molar-refractivity contribution in [3.05, 3.63) is 72.6 Å². The Hall–Kier alpha value is -5.54. The van der Waals surface area contributed by atoms with Gasteiger partial charge in [0.1, 0.15) is 11.6 Å². The Kier molecular flexibility index (Phi) is 8.57. The molecule has 12 nitrogen and oxygen atoms in total. The minimum Gasteiger partial charge on any atom is -0.340 e. The molecule has 6 aliphatic rings. The summed E-state index contributed by atoms with van der Waals surface area (Å²) in [5.41, 5.74) is 5.31. The number of aromatic nitrogens is 4. The summed E-state index contributed by atoms with van der Waals surface area (Å²) in [5, 5.41) is 0. The fourth-order valence-corrected chi connectivity index (χ4v) is 9.54. The number of imidazole rings is 2. The van der Waals surface area contributed by atoms with Crippen molar-refractivity contribution in [2.45, 2.75) is 87.4 Å². The summed E-state index contributed by atoms with van der Waals surface area (Å²) < 4.78 is 54.7. The van der Waals surface area contributed by atoms with Gasteiger partial charge in [0.05, 0.1) is 35.9 Å². The fraction of sp³-hybridized carbons (Fsp3) is 0.476. The minimum absolute atomic E-state index is 0.0358. The van der Waals surface area contributed by atoms with Crippen LogP contribution < -0.4 is 0 Å². The summed E-state index contributed by atoms with van der Waals surface area (Å²) in [6.45, 7) is -0.527. The number of rotatable bonds is 5. The number of aromatic amines is 2. The highest BCUT2D eigenvalue weighted by Gasteiger charge is 2.58. The molecule has 302 valence electrons. The summed E-state index contributed by atoms with van der Waals surface area (Å²) >= 11 is 0. The van der Waals surface area contributed by atoms with Crippen LogP contribution in [0, 0.1) is 11.8 Å². The molecule has 4 unspecified atom stereocenters. The number of amides is 4. The summed E-state index contributed by atoms with van der Waals surface area (Å²) in [5.74, 6) is -6.56. The van der Waals surface area contributed by atoms with E-state index >= 15 is 0 Å². The average molecular weight is 799 g/mol. The van der Waals surface area contributed by atoms with E-state index in [0.29, 0.717) is 36.3 Å². The topological polar surface area (TPSA) is 139 Å². The lowest BCUT2D eigenvalue weighted by molar-refractivity contribution is -0.156. The van der Waals surface area contributed by atoms with Gasteiger partial charge in [-0.25, -0.2) is 27.5 Å². The second kappa shape index (κ2) is 13.5. The molecule has 4 aliphatic heterocycles. The number of benzene rings is 2. The molecule has 2 saturated carbocycles. The molecule has 16 heteroatoms. The maximum atomic E-state index is 13.7. The van der Waals surface area contributed by atoms with E-state index in [0.717, 1.165) is 46.5 Å². The molecule has 2 aliphatic carbocycles. The molecule has 4 saturated heterocycles. The number of nitrogens with one attached hydrogen (secondary N) is 2. The van der Waals surface area contributed by atoms with E-state index in [4.69, 9.17) is 0 Å². The number of carbonyl (C=O) groups excluding carboxylic acids is 4. The number of hydrogen-bond acceptors (Lipinski definition) is 6. The highest BCUT2D eigenvalue weighted by Crippen LogP contribution is 2.54. The van der Waals surface area contributed by atoms with Gasteiger partial charge in [0.2, 0.25) is 0 Å².